The van der Waals surface area contributed by atoms with E-state index in [-0.39, 0.29) is 17.8 Å². The smallest absolute Gasteiger partial charge is 0.241 e. The molecule has 2 aliphatic heterocycles. The van der Waals surface area contributed by atoms with E-state index >= 15 is 0 Å². The molecule has 2 rings (SSSR count). The van der Waals surface area contributed by atoms with Crippen molar-refractivity contribution in [3.8, 4) is 0 Å². The van der Waals surface area contributed by atoms with Gasteiger partial charge in [0.05, 0.1) is 0 Å². The molecule has 0 bridgehead atoms. The Kier molecular flexibility index (Phi) is 1.65. The average molecular weight is 178 g/mol. The summed E-state index contributed by atoms with van der Waals surface area (Å²) in [6.45, 7) is 1.98. The first kappa shape index (κ1) is 7.97. The fourth-order valence-electron chi connectivity index (χ4n) is 1.36. The molecule has 1 unspecified atom stereocenters. The first-order valence-corrected chi connectivity index (χ1v) is 4.15. The molecule has 2 heterocycles. The van der Waals surface area contributed by atoms with Crippen molar-refractivity contribution in [2.24, 2.45) is 21.6 Å². The van der Waals surface area contributed by atoms with E-state index in [1.54, 1.807) is 0 Å². The topological polar surface area (TPSA) is 79.8 Å². The summed E-state index contributed by atoms with van der Waals surface area (Å²) in [7, 11) is 0. The lowest BCUT2D eigenvalue weighted by Gasteiger charge is -2.14. The molecular formula is C8H10N4O. The Labute approximate surface area is 75.4 Å². The van der Waals surface area contributed by atoms with E-state index in [0.29, 0.717) is 5.84 Å². The number of nitrogens with two attached hydrogens (primary N) is 1. The van der Waals surface area contributed by atoms with Crippen LogP contribution < -0.4 is 11.1 Å². The molecule has 0 aromatic heterocycles. The predicted octanol–water partition coefficient (Wildman–Crippen LogP) is -0.247. The van der Waals surface area contributed by atoms with Crippen molar-refractivity contribution in [3.63, 3.8) is 0 Å². The highest BCUT2D eigenvalue weighted by Gasteiger charge is 2.31. The van der Waals surface area contributed by atoms with Crippen LogP contribution in [0.1, 0.15) is 13.3 Å². The van der Waals surface area contributed by atoms with Crippen LogP contribution in [0.15, 0.2) is 21.8 Å². The number of fused-ring (bicyclic) bond motifs is 1. The van der Waals surface area contributed by atoms with E-state index in [1.807, 2.05) is 13.0 Å². The lowest BCUT2D eigenvalue weighted by Crippen LogP contribution is -2.46. The number of carbonyl (C=O) groups excluding carboxylic acids is 1. The van der Waals surface area contributed by atoms with Gasteiger partial charge in [0.25, 0.3) is 0 Å². The minimum atomic E-state index is -0.331. The van der Waals surface area contributed by atoms with Gasteiger partial charge in [0.2, 0.25) is 11.9 Å². The average Bonchev–Trinajstić information content (AvgIpc) is 2.47. The molecule has 0 aromatic rings. The molecule has 13 heavy (non-hydrogen) atoms. The van der Waals surface area contributed by atoms with Gasteiger partial charge in [-0.2, -0.15) is 4.99 Å². The molecule has 0 aliphatic carbocycles. The van der Waals surface area contributed by atoms with Gasteiger partial charge in [-0.1, -0.05) is 6.92 Å². The van der Waals surface area contributed by atoms with E-state index in [9.17, 15) is 4.79 Å². The van der Waals surface area contributed by atoms with Crippen LogP contribution in [-0.2, 0) is 4.79 Å². The van der Waals surface area contributed by atoms with Crippen molar-refractivity contribution in [1.82, 2.24) is 5.32 Å². The van der Waals surface area contributed by atoms with Crippen LogP contribution >= 0.6 is 0 Å². The molecule has 0 spiro atoms. The fourth-order valence-corrected chi connectivity index (χ4v) is 1.36. The van der Waals surface area contributed by atoms with Crippen molar-refractivity contribution in [3.05, 3.63) is 11.8 Å². The van der Waals surface area contributed by atoms with E-state index in [2.05, 4.69) is 15.3 Å². The second kappa shape index (κ2) is 2.69. The number of carbonyl (C=O) groups is 1. The highest BCUT2D eigenvalue weighted by Crippen LogP contribution is 2.21. The van der Waals surface area contributed by atoms with Gasteiger partial charge in [0.15, 0.2) is 0 Å². The van der Waals surface area contributed by atoms with Crippen LogP contribution in [0.5, 0.6) is 0 Å². The van der Waals surface area contributed by atoms with Gasteiger partial charge in [0, 0.05) is 5.70 Å². The molecule has 5 heteroatoms. The van der Waals surface area contributed by atoms with Gasteiger partial charge >= 0.3 is 0 Å². The van der Waals surface area contributed by atoms with Crippen molar-refractivity contribution >= 4 is 17.7 Å². The van der Waals surface area contributed by atoms with Crippen LogP contribution in [0.2, 0.25) is 0 Å². The summed E-state index contributed by atoms with van der Waals surface area (Å²) in [5.74, 6) is 0.167. The Morgan fingerprint density at radius 2 is 2.38 bits per heavy atom. The van der Waals surface area contributed by atoms with E-state index in [0.717, 1.165) is 12.1 Å². The number of nitrogens with one attached hydrogen (secondary N) is 1. The maximum atomic E-state index is 11.4. The number of hydrogen-bond donors (Lipinski definition) is 2. The number of guanidine groups is 1. The highest BCUT2D eigenvalue weighted by molar-refractivity contribution is 6.18. The standard InChI is InChI=1S/C8H10N4O/c1-2-4-3-5-6(10-4)11-8(9)12-7(5)13/h3,5H,2H2,1H3,(H3,9,10,11,12,13). The molecule has 1 atom stereocenters. The number of amides is 1. The van der Waals surface area contributed by atoms with Gasteiger partial charge < -0.3 is 5.73 Å². The van der Waals surface area contributed by atoms with E-state index < -0.39 is 0 Å². The van der Waals surface area contributed by atoms with Crippen molar-refractivity contribution in [2.75, 3.05) is 0 Å². The highest BCUT2D eigenvalue weighted by atomic mass is 16.2. The quantitative estimate of drug-likeness (QED) is 0.580. The zero-order valence-electron chi connectivity index (χ0n) is 7.24. The van der Waals surface area contributed by atoms with Crippen LogP contribution in [0.4, 0.5) is 0 Å². The summed E-state index contributed by atoms with van der Waals surface area (Å²) in [6, 6.07) is 0. The van der Waals surface area contributed by atoms with Crippen molar-refractivity contribution < 1.29 is 4.79 Å². The molecule has 3 N–H and O–H groups in total. The molecular weight excluding hydrogens is 168 g/mol. The maximum absolute atomic E-state index is 11.4. The zero-order chi connectivity index (χ0) is 9.42. The Morgan fingerprint density at radius 3 is 3.08 bits per heavy atom. The number of aliphatic imine (C=N–C) groups is 2. The number of hydrogen-bond acceptors (Lipinski definition) is 4. The third-order valence-electron chi connectivity index (χ3n) is 2.03. The molecule has 1 amide bonds. The number of allylic oxidation sites excluding steroid dienone is 1. The van der Waals surface area contributed by atoms with Crippen LogP contribution in [0.3, 0.4) is 0 Å². The number of rotatable bonds is 1. The third-order valence-corrected chi connectivity index (χ3v) is 2.03. The maximum Gasteiger partial charge on any atom is 0.241 e. The van der Waals surface area contributed by atoms with Gasteiger partial charge in [0.1, 0.15) is 11.8 Å². The lowest BCUT2D eigenvalue weighted by atomic mass is 10.1. The summed E-state index contributed by atoms with van der Waals surface area (Å²) in [5.41, 5.74) is 6.28. The van der Waals surface area contributed by atoms with E-state index in [1.165, 1.54) is 0 Å². The van der Waals surface area contributed by atoms with Crippen molar-refractivity contribution in [2.45, 2.75) is 13.3 Å². The minimum absolute atomic E-state index is 0.130. The SMILES string of the molecule is CCC1=CC2C(=O)NC(N)=NC2=N1. The molecule has 0 fully saturated rings. The summed E-state index contributed by atoms with van der Waals surface area (Å²) < 4.78 is 0. The van der Waals surface area contributed by atoms with Gasteiger partial charge in [-0.05, 0) is 12.5 Å². The number of amidine groups is 1. The molecule has 0 saturated carbocycles. The molecule has 0 aromatic carbocycles. The molecule has 0 saturated heterocycles. The van der Waals surface area contributed by atoms with E-state index in [4.69, 9.17) is 5.73 Å². The summed E-state index contributed by atoms with van der Waals surface area (Å²) in [5, 5.41) is 2.46. The second-order valence-electron chi connectivity index (χ2n) is 2.95. The Balaban J connectivity index is 2.37. The molecule has 2 aliphatic rings. The lowest BCUT2D eigenvalue weighted by molar-refractivity contribution is -0.120. The molecule has 0 radical (unpaired) electrons. The van der Waals surface area contributed by atoms with Crippen molar-refractivity contribution in [1.29, 1.82) is 0 Å². The number of nitrogens with zero attached hydrogens (tertiary/aromatic N) is 2. The fraction of sp³-hybridized carbons (Fsp3) is 0.375. The predicted molar refractivity (Wildman–Crippen MR) is 49.1 cm³/mol. The Hall–Kier alpha value is -1.65. The zero-order valence-corrected chi connectivity index (χ0v) is 7.24. The minimum Gasteiger partial charge on any atom is -0.369 e. The van der Waals surface area contributed by atoms with Crippen LogP contribution in [0, 0.1) is 5.92 Å². The van der Waals surface area contributed by atoms with Crippen LogP contribution in [-0.4, -0.2) is 17.7 Å². The van der Waals surface area contributed by atoms with Crippen LogP contribution in [0.25, 0.3) is 0 Å². The Morgan fingerprint density at radius 1 is 1.62 bits per heavy atom. The molecule has 68 valence electrons. The largest absolute Gasteiger partial charge is 0.369 e. The first-order chi connectivity index (χ1) is 6.20. The summed E-state index contributed by atoms with van der Waals surface area (Å²) in [6.07, 6.45) is 2.63. The first-order valence-electron chi connectivity index (χ1n) is 4.15. The summed E-state index contributed by atoms with van der Waals surface area (Å²) >= 11 is 0. The molecule has 5 nitrogen and oxygen atoms in total. The van der Waals surface area contributed by atoms with Gasteiger partial charge in [-0.25, -0.2) is 4.99 Å². The van der Waals surface area contributed by atoms with Gasteiger partial charge in [-0.3, -0.25) is 10.1 Å². The second-order valence-corrected chi connectivity index (χ2v) is 2.95. The van der Waals surface area contributed by atoms with Gasteiger partial charge in [-0.15, -0.1) is 0 Å². The Bertz CT molecular complexity index is 353. The monoisotopic (exact) mass is 178 g/mol. The summed E-state index contributed by atoms with van der Waals surface area (Å²) in [4.78, 5) is 19.5. The normalized spacial score (nSPS) is 25.8. The third kappa shape index (κ3) is 1.22.